The molecule has 0 spiro atoms. The van der Waals surface area contributed by atoms with E-state index in [0.717, 1.165) is 70.0 Å². The Morgan fingerprint density at radius 3 is 1.48 bits per heavy atom. The Morgan fingerprint density at radius 1 is 0.636 bits per heavy atom. The van der Waals surface area contributed by atoms with Crippen LogP contribution in [0.25, 0.3) is 0 Å². The van der Waals surface area contributed by atoms with Crippen LogP contribution in [0, 0.1) is 0 Å². The topological polar surface area (TPSA) is 142 Å². The number of phosphoric acid groups is 1. The zero-order valence-electron chi connectivity index (χ0n) is 28.3. The molecule has 0 aromatic carbocycles. The van der Waals surface area contributed by atoms with Gasteiger partial charge in [0, 0.05) is 25.5 Å². The number of hydrogen-bond acceptors (Lipinski definition) is 10. The molecule has 0 aromatic rings. The van der Waals surface area contributed by atoms with Gasteiger partial charge in [-0.05, 0) is 19.3 Å². The number of rotatable bonds is 30. The standard InChI is InChI=1S/C31H59O9PS.2Na/c1-3-4-5-6-7-8-9-10-11-15-18-21-24-31(34)40-29(27-39-41(35,36)37)26-38-30(33)23-20-17-14-12-13-16-19-22-25-42-28(2)32;;/h29H,3-27H2,1-2H3,(H2,35,36,37);;/q;2*+1/p-2/t29-;;/m0../s1. The Kier molecular flexibility index (Phi) is 39.8. The molecule has 0 radical (unpaired) electrons. The SMILES string of the molecule is CCCCCCCCCCCCCCC(=O)O[C@@H](COC(=O)CCCCCCCCCCSC(C)=O)COP(=O)([O-])[O-].[Na+].[Na+]. The van der Waals surface area contributed by atoms with E-state index in [1.165, 1.54) is 63.1 Å². The van der Waals surface area contributed by atoms with E-state index in [1.54, 1.807) is 6.92 Å². The van der Waals surface area contributed by atoms with E-state index < -0.39 is 32.5 Å². The Hall–Kier alpha value is 1.07. The van der Waals surface area contributed by atoms with Gasteiger partial charge in [-0.15, -0.1) is 0 Å². The molecule has 0 unspecified atom stereocenters. The van der Waals surface area contributed by atoms with Crippen LogP contribution in [0.5, 0.6) is 0 Å². The van der Waals surface area contributed by atoms with E-state index in [2.05, 4.69) is 11.4 Å². The van der Waals surface area contributed by atoms with Gasteiger partial charge in [0.1, 0.15) is 6.61 Å². The summed E-state index contributed by atoms with van der Waals surface area (Å²) >= 11 is 1.37. The molecule has 0 rings (SSSR count). The number of phosphoric ester groups is 1. The van der Waals surface area contributed by atoms with Crippen molar-refractivity contribution in [1.82, 2.24) is 0 Å². The van der Waals surface area contributed by atoms with E-state index in [0.29, 0.717) is 12.8 Å². The van der Waals surface area contributed by atoms with Gasteiger partial charge in [-0.3, -0.25) is 14.4 Å². The van der Waals surface area contributed by atoms with Crippen molar-refractivity contribution in [3.05, 3.63) is 0 Å². The smallest absolute Gasteiger partial charge is 0.790 e. The van der Waals surface area contributed by atoms with E-state index in [1.807, 2.05) is 0 Å². The first-order valence-electron chi connectivity index (χ1n) is 16.3. The average molecular weight is 683 g/mol. The molecule has 13 heteroatoms. The fourth-order valence-electron chi connectivity index (χ4n) is 4.55. The molecule has 0 heterocycles. The summed E-state index contributed by atoms with van der Waals surface area (Å²) in [6, 6.07) is 0. The van der Waals surface area contributed by atoms with Crippen LogP contribution in [-0.2, 0) is 32.9 Å². The van der Waals surface area contributed by atoms with Crippen molar-refractivity contribution in [2.24, 2.45) is 0 Å². The van der Waals surface area contributed by atoms with Crippen LogP contribution < -0.4 is 68.9 Å². The molecule has 0 aliphatic heterocycles. The van der Waals surface area contributed by atoms with E-state index >= 15 is 0 Å². The van der Waals surface area contributed by atoms with Gasteiger partial charge in [-0.25, -0.2) is 0 Å². The predicted molar refractivity (Wildman–Crippen MR) is 165 cm³/mol. The van der Waals surface area contributed by atoms with Crippen molar-refractivity contribution >= 4 is 36.6 Å². The van der Waals surface area contributed by atoms with Crippen LogP contribution in [0.4, 0.5) is 0 Å². The summed E-state index contributed by atoms with van der Waals surface area (Å²) in [7, 11) is -5.25. The molecule has 0 saturated carbocycles. The molecule has 0 aromatic heterocycles. The number of carbonyl (C=O) groups excluding carboxylic acids is 3. The molecule has 1 atom stereocenters. The summed E-state index contributed by atoms with van der Waals surface area (Å²) < 4.78 is 25.6. The van der Waals surface area contributed by atoms with Crippen LogP contribution in [0.2, 0.25) is 0 Å². The minimum Gasteiger partial charge on any atom is -0.790 e. The number of esters is 2. The van der Waals surface area contributed by atoms with Gasteiger partial charge in [0.2, 0.25) is 0 Å². The van der Waals surface area contributed by atoms with Crippen LogP contribution in [0.1, 0.15) is 155 Å². The third-order valence-electron chi connectivity index (χ3n) is 6.96. The summed E-state index contributed by atoms with van der Waals surface area (Å²) in [6.45, 7) is 2.78. The molecule has 44 heavy (non-hydrogen) atoms. The minimum absolute atomic E-state index is 0. The molecule has 0 aliphatic carbocycles. The van der Waals surface area contributed by atoms with Gasteiger partial charge >= 0.3 is 71.1 Å². The van der Waals surface area contributed by atoms with Gasteiger partial charge in [-0.1, -0.05) is 128 Å². The molecule has 0 aliphatic rings. The second kappa shape index (κ2) is 35.4. The van der Waals surface area contributed by atoms with Gasteiger partial charge in [0.15, 0.2) is 11.2 Å². The number of unbranched alkanes of at least 4 members (excludes halogenated alkanes) is 18. The van der Waals surface area contributed by atoms with E-state index in [9.17, 15) is 28.7 Å². The first-order chi connectivity index (χ1) is 20.1. The minimum atomic E-state index is -5.25. The Balaban J connectivity index is -0.00000840. The van der Waals surface area contributed by atoms with Crippen LogP contribution in [-0.4, -0.2) is 42.1 Å². The van der Waals surface area contributed by atoms with Crippen LogP contribution in [0.3, 0.4) is 0 Å². The number of thioether (sulfide) groups is 1. The number of carbonyl (C=O) groups is 3. The average Bonchev–Trinajstić information content (AvgIpc) is 2.93. The fraction of sp³-hybridized carbons (Fsp3) is 0.903. The summed E-state index contributed by atoms with van der Waals surface area (Å²) in [5, 5.41) is 0.166. The first kappa shape index (κ1) is 49.5. The summed E-state index contributed by atoms with van der Waals surface area (Å²) in [6.07, 6.45) is 21.4. The van der Waals surface area contributed by atoms with Gasteiger partial charge in [-0.2, -0.15) is 0 Å². The molecule has 0 N–H and O–H groups in total. The molecular formula is C31H57Na2O9PS. The van der Waals surface area contributed by atoms with Crippen molar-refractivity contribution in [3.63, 3.8) is 0 Å². The van der Waals surface area contributed by atoms with Crippen molar-refractivity contribution in [2.45, 2.75) is 161 Å². The van der Waals surface area contributed by atoms with Crippen molar-refractivity contribution in [1.29, 1.82) is 0 Å². The predicted octanol–water partition coefficient (Wildman–Crippen LogP) is 1.18. The van der Waals surface area contributed by atoms with E-state index in [-0.39, 0.29) is 83.7 Å². The quantitative estimate of drug-likeness (QED) is 0.0469. The van der Waals surface area contributed by atoms with Gasteiger partial charge in [0.25, 0.3) is 0 Å². The molecule has 9 nitrogen and oxygen atoms in total. The maximum Gasteiger partial charge on any atom is 1.00 e. The third kappa shape index (κ3) is 39.2. The Bertz CT molecular complexity index is 741. The van der Waals surface area contributed by atoms with Crippen LogP contribution >= 0.6 is 19.6 Å². The zero-order chi connectivity index (χ0) is 31.3. The van der Waals surface area contributed by atoms with Crippen molar-refractivity contribution in [3.8, 4) is 0 Å². The van der Waals surface area contributed by atoms with Gasteiger partial charge < -0.3 is 28.3 Å². The monoisotopic (exact) mass is 682 g/mol. The number of ether oxygens (including phenoxy) is 2. The van der Waals surface area contributed by atoms with E-state index in [4.69, 9.17) is 9.47 Å². The summed E-state index contributed by atoms with van der Waals surface area (Å²) in [4.78, 5) is 57.0. The molecule has 248 valence electrons. The van der Waals surface area contributed by atoms with Crippen molar-refractivity contribution in [2.75, 3.05) is 19.0 Å². The fourth-order valence-corrected chi connectivity index (χ4v) is 5.54. The second-order valence-corrected chi connectivity index (χ2v) is 13.5. The maximum absolute atomic E-state index is 12.2. The normalized spacial score (nSPS) is 11.7. The Labute approximate surface area is 316 Å². The maximum atomic E-state index is 12.2. The first-order valence-corrected chi connectivity index (χ1v) is 18.7. The molecule has 0 fully saturated rings. The van der Waals surface area contributed by atoms with Crippen molar-refractivity contribution < 1.29 is 102 Å². The number of hydrogen-bond donors (Lipinski definition) is 0. The second-order valence-electron chi connectivity index (χ2n) is 11.1. The largest absolute Gasteiger partial charge is 1.00 e. The Morgan fingerprint density at radius 2 is 1.05 bits per heavy atom. The molecule has 0 saturated heterocycles. The third-order valence-corrected chi connectivity index (χ3v) is 8.33. The zero-order valence-corrected chi connectivity index (χ0v) is 34.0. The van der Waals surface area contributed by atoms with Gasteiger partial charge in [0.05, 0.1) is 14.4 Å². The van der Waals surface area contributed by atoms with Crippen LogP contribution in [0.15, 0.2) is 0 Å². The summed E-state index contributed by atoms with van der Waals surface area (Å²) in [5.74, 6) is -0.112. The molecule has 0 amide bonds. The summed E-state index contributed by atoms with van der Waals surface area (Å²) in [5.41, 5.74) is 0. The molecular weight excluding hydrogens is 625 g/mol. The molecule has 0 bridgehead atoms.